The number of carbonyl (C=O) groups excluding carboxylic acids is 2. The molecule has 162 valence electrons. The molecule has 2 amide bonds. The zero-order valence-electron chi connectivity index (χ0n) is 17.4. The molecule has 1 aliphatic rings. The Kier molecular flexibility index (Phi) is 7.89. The molecular weight excluding hydrogens is 396 g/mol. The van der Waals surface area contributed by atoms with Crippen LogP contribution in [-0.2, 0) is 0 Å². The zero-order valence-corrected chi connectivity index (χ0v) is 17.4. The van der Waals surface area contributed by atoms with Gasteiger partial charge in [0.15, 0.2) is 0 Å². The van der Waals surface area contributed by atoms with Crippen molar-refractivity contribution in [3.8, 4) is 6.01 Å². The fraction of sp³-hybridized carbons (Fsp3) is 0.304. The van der Waals surface area contributed by atoms with E-state index in [9.17, 15) is 14.7 Å². The normalized spacial score (nSPS) is 14.8. The third kappa shape index (κ3) is 6.23. The van der Waals surface area contributed by atoms with Gasteiger partial charge in [0.2, 0.25) is 0 Å². The summed E-state index contributed by atoms with van der Waals surface area (Å²) in [5, 5.41) is 11.9. The van der Waals surface area contributed by atoms with Gasteiger partial charge in [-0.2, -0.15) is 0 Å². The van der Waals surface area contributed by atoms with Crippen LogP contribution in [0.3, 0.4) is 0 Å². The highest BCUT2D eigenvalue weighted by molar-refractivity contribution is 6.04. The number of nitrogens with one attached hydrogen (secondary N) is 1. The van der Waals surface area contributed by atoms with E-state index in [2.05, 4.69) is 15.3 Å². The minimum Gasteiger partial charge on any atom is -0.456 e. The van der Waals surface area contributed by atoms with Crippen LogP contribution in [0.5, 0.6) is 6.01 Å². The maximum Gasteiger partial charge on any atom is 0.316 e. The predicted molar refractivity (Wildman–Crippen MR) is 117 cm³/mol. The highest BCUT2D eigenvalue weighted by Crippen LogP contribution is 2.16. The number of nitrogens with zero attached hydrogens (tertiary/aromatic N) is 3. The van der Waals surface area contributed by atoms with Gasteiger partial charge >= 0.3 is 6.01 Å². The third-order valence-corrected chi connectivity index (χ3v) is 4.61. The third-order valence-electron chi connectivity index (χ3n) is 4.61. The maximum atomic E-state index is 12.7. The van der Waals surface area contributed by atoms with Crippen molar-refractivity contribution in [1.82, 2.24) is 14.9 Å². The van der Waals surface area contributed by atoms with E-state index in [4.69, 9.17) is 4.74 Å². The molecule has 31 heavy (non-hydrogen) atoms. The van der Waals surface area contributed by atoms with Crippen LogP contribution in [-0.4, -0.2) is 57.6 Å². The molecule has 0 saturated carbocycles. The Morgan fingerprint density at radius 2 is 2.00 bits per heavy atom. The number of aromatic nitrogens is 2. The average Bonchev–Trinajstić information content (AvgIpc) is 2.80. The average molecular weight is 422 g/mol. The Morgan fingerprint density at radius 3 is 2.68 bits per heavy atom. The highest BCUT2D eigenvalue weighted by atomic mass is 16.5. The lowest BCUT2D eigenvalue weighted by atomic mass is 10.1. The van der Waals surface area contributed by atoms with Gasteiger partial charge in [-0.3, -0.25) is 9.59 Å². The first-order chi connectivity index (χ1) is 15.1. The van der Waals surface area contributed by atoms with Gasteiger partial charge in [-0.25, -0.2) is 9.97 Å². The van der Waals surface area contributed by atoms with Crippen molar-refractivity contribution in [2.45, 2.75) is 25.9 Å². The zero-order chi connectivity index (χ0) is 22.1. The minimum absolute atomic E-state index is 0.102. The molecule has 2 N–H and O–H groups in total. The summed E-state index contributed by atoms with van der Waals surface area (Å²) in [7, 11) is 0. The molecule has 0 aliphatic heterocycles. The van der Waals surface area contributed by atoms with Crippen molar-refractivity contribution in [1.29, 1.82) is 0 Å². The van der Waals surface area contributed by atoms with E-state index in [1.165, 1.54) is 12.4 Å². The van der Waals surface area contributed by atoms with E-state index in [1.54, 1.807) is 29.2 Å². The van der Waals surface area contributed by atoms with Crippen LogP contribution in [0.4, 0.5) is 5.69 Å². The van der Waals surface area contributed by atoms with E-state index >= 15 is 0 Å². The Bertz CT molecular complexity index is 950. The standard InChI is InChI=1S/C23H26N4O4/c1-2-11-27(12-13-28)22(30)17-7-6-8-19(14-17)26-21(29)18-15-24-23(25-16-18)31-20-9-4-3-5-10-20/h3-9,14-16,20,28H,2,10-13H2,1H3,(H,26,29). The van der Waals surface area contributed by atoms with Crippen LogP contribution in [0.25, 0.3) is 0 Å². The number of anilines is 1. The molecule has 1 aromatic carbocycles. The second-order valence-corrected chi connectivity index (χ2v) is 7.01. The molecule has 2 aromatic rings. The van der Waals surface area contributed by atoms with E-state index in [1.807, 2.05) is 31.2 Å². The largest absolute Gasteiger partial charge is 0.456 e. The maximum absolute atomic E-state index is 12.7. The Labute approximate surface area is 181 Å². The lowest BCUT2D eigenvalue weighted by molar-refractivity contribution is 0.0721. The summed E-state index contributed by atoms with van der Waals surface area (Å²) in [6.07, 6.45) is 12.0. The lowest BCUT2D eigenvalue weighted by Gasteiger charge is -2.21. The Morgan fingerprint density at radius 1 is 1.19 bits per heavy atom. The number of benzene rings is 1. The van der Waals surface area contributed by atoms with Crippen LogP contribution in [0, 0.1) is 0 Å². The van der Waals surface area contributed by atoms with Crippen LogP contribution in [0.1, 0.15) is 40.5 Å². The van der Waals surface area contributed by atoms with Gasteiger partial charge in [0, 0.05) is 43.2 Å². The van der Waals surface area contributed by atoms with Crippen LogP contribution >= 0.6 is 0 Å². The fourth-order valence-electron chi connectivity index (χ4n) is 3.10. The second-order valence-electron chi connectivity index (χ2n) is 7.01. The van der Waals surface area contributed by atoms with Crippen LogP contribution in [0.15, 0.2) is 61.0 Å². The SMILES string of the molecule is CCCN(CCO)C(=O)c1cccc(NC(=O)c2cnc(OC3C=CC=CC3)nc2)c1. The molecule has 8 nitrogen and oxygen atoms in total. The number of rotatable bonds is 9. The number of carbonyl (C=O) groups is 2. The lowest BCUT2D eigenvalue weighted by Crippen LogP contribution is -2.34. The molecule has 0 radical (unpaired) electrons. The van der Waals surface area contributed by atoms with Gasteiger partial charge in [-0.15, -0.1) is 0 Å². The van der Waals surface area contributed by atoms with Crippen molar-refractivity contribution in [3.63, 3.8) is 0 Å². The number of hydrogen-bond donors (Lipinski definition) is 2. The fourth-order valence-corrected chi connectivity index (χ4v) is 3.10. The molecule has 0 bridgehead atoms. The summed E-state index contributed by atoms with van der Waals surface area (Å²) in [6, 6.07) is 6.90. The molecule has 0 saturated heterocycles. The summed E-state index contributed by atoms with van der Waals surface area (Å²) >= 11 is 0. The van der Waals surface area contributed by atoms with Gasteiger partial charge < -0.3 is 20.1 Å². The summed E-state index contributed by atoms with van der Waals surface area (Å²) < 4.78 is 5.66. The van der Waals surface area contributed by atoms with E-state index in [0.29, 0.717) is 17.8 Å². The molecule has 1 aromatic heterocycles. The van der Waals surface area contributed by atoms with Crippen LogP contribution in [0.2, 0.25) is 0 Å². The van der Waals surface area contributed by atoms with Crippen molar-refractivity contribution in [2.75, 3.05) is 25.0 Å². The molecular formula is C23H26N4O4. The second kappa shape index (κ2) is 11.0. The topological polar surface area (TPSA) is 105 Å². The molecule has 1 aliphatic carbocycles. The van der Waals surface area contributed by atoms with Gasteiger partial charge in [-0.05, 0) is 30.7 Å². The Hall–Kier alpha value is -3.52. The van der Waals surface area contributed by atoms with Crippen molar-refractivity contribution in [2.24, 2.45) is 0 Å². The van der Waals surface area contributed by atoms with Gasteiger partial charge in [0.1, 0.15) is 6.10 Å². The molecule has 1 heterocycles. The van der Waals surface area contributed by atoms with Gasteiger partial charge in [0.25, 0.3) is 11.8 Å². The first kappa shape index (κ1) is 22.2. The number of aliphatic hydroxyl groups excluding tert-OH is 1. The van der Waals surface area contributed by atoms with E-state index in [0.717, 1.165) is 12.8 Å². The van der Waals surface area contributed by atoms with Crippen molar-refractivity contribution in [3.05, 3.63) is 72.1 Å². The summed E-state index contributed by atoms with van der Waals surface area (Å²) in [5.74, 6) is -0.583. The smallest absolute Gasteiger partial charge is 0.316 e. The van der Waals surface area contributed by atoms with Crippen molar-refractivity contribution < 1.29 is 19.4 Å². The Balaban J connectivity index is 1.63. The quantitative estimate of drug-likeness (QED) is 0.644. The first-order valence-electron chi connectivity index (χ1n) is 10.2. The molecule has 1 atom stereocenters. The summed E-state index contributed by atoms with van der Waals surface area (Å²) in [5.41, 5.74) is 1.20. The number of ether oxygens (including phenoxy) is 1. The number of amides is 2. The van der Waals surface area contributed by atoms with Gasteiger partial charge in [-0.1, -0.05) is 31.2 Å². The first-order valence-corrected chi connectivity index (χ1v) is 10.2. The molecule has 3 rings (SSSR count). The van der Waals surface area contributed by atoms with Crippen molar-refractivity contribution >= 4 is 17.5 Å². The van der Waals surface area contributed by atoms with E-state index < -0.39 is 5.91 Å². The summed E-state index contributed by atoms with van der Waals surface area (Å²) in [6.45, 7) is 2.68. The highest BCUT2D eigenvalue weighted by Gasteiger charge is 2.16. The number of hydrogen-bond acceptors (Lipinski definition) is 6. The monoisotopic (exact) mass is 422 g/mol. The molecule has 8 heteroatoms. The molecule has 0 fully saturated rings. The summed E-state index contributed by atoms with van der Waals surface area (Å²) in [4.78, 5) is 35.1. The molecule has 0 spiro atoms. The number of aliphatic hydroxyl groups is 1. The minimum atomic E-state index is -0.391. The van der Waals surface area contributed by atoms with Crippen LogP contribution < -0.4 is 10.1 Å². The van der Waals surface area contributed by atoms with Gasteiger partial charge in [0.05, 0.1) is 12.2 Å². The number of allylic oxidation sites excluding steroid dienone is 2. The molecule has 1 unspecified atom stereocenters. The van der Waals surface area contributed by atoms with E-state index in [-0.39, 0.29) is 36.7 Å². The predicted octanol–water partition coefficient (Wildman–Crippen LogP) is 2.84.